The minimum absolute atomic E-state index is 0.0241. The lowest BCUT2D eigenvalue weighted by Gasteiger charge is -2.03. The molecular formula is C13H12N4O2S. The van der Waals surface area contributed by atoms with E-state index in [1.54, 1.807) is 12.1 Å². The normalized spacial score (nSPS) is 9.70. The van der Waals surface area contributed by atoms with Gasteiger partial charge in [0.25, 0.3) is 5.91 Å². The number of aliphatic hydroxyl groups is 1. The van der Waals surface area contributed by atoms with Crippen LogP contribution in [0.1, 0.15) is 27.9 Å². The quantitative estimate of drug-likeness (QED) is 0.829. The molecule has 1 aromatic carbocycles. The minimum Gasteiger partial charge on any atom is -0.395 e. The Kier molecular flexibility index (Phi) is 4.76. The summed E-state index contributed by atoms with van der Waals surface area (Å²) in [6.07, 6.45) is 0.409. The Morgan fingerprint density at radius 2 is 2.35 bits per heavy atom. The lowest BCUT2D eigenvalue weighted by molar-refractivity contribution is 0.102. The van der Waals surface area contributed by atoms with Gasteiger partial charge in [-0.1, -0.05) is 27.5 Å². The molecule has 2 rings (SSSR count). The highest BCUT2D eigenvalue weighted by Gasteiger charge is 2.09. The summed E-state index contributed by atoms with van der Waals surface area (Å²) < 4.78 is 3.57. The van der Waals surface area contributed by atoms with Crippen molar-refractivity contribution in [3.63, 3.8) is 0 Å². The molecule has 0 radical (unpaired) electrons. The smallest absolute Gasteiger partial charge is 0.257 e. The third-order valence-corrected chi connectivity index (χ3v) is 2.99. The van der Waals surface area contributed by atoms with Crippen LogP contribution >= 0.6 is 11.5 Å². The number of hydrogen-bond acceptors (Lipinski definition) is 6. The number of carbonyl (C=O) groups is 1. The number of hydrogen-bond donors (Lipinski definition) is 2. The Hall–Kier alpha value is -2.30. The summed E-state index contributed by atoms with van der Waals surface area (Å²) in [6, 6.07) is 5.26. The lowest BCUT2D eigenvalue weighted by Crippen LogP contribution is -2.12. The van der Waals surface area contributed by atoms with Gasteiger partial charge in [0.15, 0.2) is 0 Å². The first-order valence-electron chi connectivity index (χ1n) is 5.87. The molecule has 0 saturated heterocycles. The van der Waals surface area contributed by atoms with Gasteiger partial charge in [-0.3, -0.25) is 10.1 Å². The number of amides is 1. The maximum absolute atomic E-state index is 12.0. The molecule has 1 amide bonds. The molecule has 2 aromatic rings. The Balaban J connectivity index is 2.18. The second-order valence-electron chi connectivity index (χ2n) is 3.93. The number of benzene rings is 1. The van der Waals surface area contributed by atoms with Crippen molar-refractivity contribution in [2.75, 3.05) is 11.9 Å². The highest BCUT2D eigenvalue weighted by molar-refractivity contribution is 7.09. The maximum Gasteiger partial charge on any atom is 0.257 e. The monoisotopic (exact) mass is 288 g/mol. The van der Waals surface area contributed by atoms with Crippen LogP contribution in [0.3, 0.4) is 0 Å². The van der Waals surface area contributed by atoms with E-state index in [9.17, 15) is 4.79 Å². The van der Waals surface area contributed by atoms with Crippen molar-refractivity contribution < 1.29 is 9.90 Å². The number of carbonyl (C=O) groups excluding carboxylic acids is 1. The first-order chi connectivity index (χ1) is 9.70. The number of aromatic nitrogens is 3. The third kappa shape index (κ3) is 3.60. The van der Waals surface area contributed by atoms with Crippen LogP contribution in [0.15, 0.2) is 18.2 Å². The van der Waals surface area contributed by atoms with Gasteiger partial charge in [-0.05, 0) is 29.8 Å². The Labute approximate surface area is 120 Å². The fourth-order valence-corrected chi connectivity index (χ4v) is 1.82. The van der Waals surface area contributed by atoms with Gasteiger partial charge in [-0.25, -0.2) is 0 Å². The van der Waals surface area contributed by atoms with Crippen molar-refractivity contribution in [3.05, 3.63) is 34.9 Å². The summed E-state index contributed by atoms with van der Waals surface area (Å²) in [4.78, 5) is 12.0. The molecule has 6 nitrogen and oxygen atoms in total. The number of nitrogens with zero attached hydrogens (tertiary/aromatic N) is 3. The van der Waals surface area contributed by atoms with E-state index in [4.69, 9.17) is 5.11 Å². The van der Waals surface area contributed by atoms with E-state index in [0.717, 1.165) is 22.7 Å². The zero-order valence-corrected chi connectivity index (χ0v) is 11.6. The molecule has 0 atom stereocenters. The third-order valence-electron chi connectivity index (χ3n) is 2.48. The van der Waals surface area contributed by atoms with Gasteiger partial charge in [0.2, 0.25) is 5.13 Å². The second-order valence-corrected chi connectivity index (χ2v) is 4.66. The Bertz CT molecular complexity index is 659. The van der Waals surface area contributed by atoms with Gasteiger partial charge in [-0.15, -0.1) is 0 Å². The summed E-state index contributed by atoms with van der Waals surface area (Å²) in [5.74, 6) is 5.50. The van der Waals surface area contributed by atoms with E-state index in [2.05, 4.69) is 32.0 Å². The zero-order valence-electron chi connectivity index (χ0n) is 10.8. The van der Waals surface area contributed by atoms with Gasteiger partial charge >= 0.3 is 0 Å². The molecule has 0 bridgehead atoms. The summed E-state index contributed by atoms with van der Waals surface area (Å²) in [7, 11) is 0. The molecule has 0 fully saturated rings. The molecule has 7 heteroatoms. The molecule has 2 N–H and O–H groups in total. The highest BCUT2D eigenvalue weighted by atomic mass is 32.1. The van der Waals surface area contributed by atoms with Crippen molar-refractivity contribution in [1.29, 1.82) is 0 Å². The van der Waals surface area contributed by atoms with E-state index in [-0.39, 0.29) is 12.5 Å². The van der Waals surface area contributed by atoms with Crippen LogP contribution in [0.4, 0.5) is 5.13 Å². The van der Waals surface area contributed by atoms with Crippen LogP contribution in [0.2, 0.25) is 0 Å². The molecule has 20 heavy (non-hydrogen) atoms. The number of nitrogens with one attached hydrogen (secondary N) is 1. The van der Waals surface area contributed by atoms with Crippen molar-refractivity contribution >= 4 is 22.6 Å². The van der Waals surface area contributed by atoms with E-state index >= 15 is 0 Å². The van der Waals surface area contributed by atoms with Crippen molar-refractivity contribution in [1.82, 2.24) is 14.8 Å². The van der Waals surface area contributed by atoms with E-state index in [1.807, 2.05) is 13.0 Å². The van der Waals surface area contributed by atoms with Crippen LogP contribution in [0.5, 0.6) is 0 Å². The fourth-order valence-electron chi connectivity index (χ4n) is 1.46. The molecule has 0 aliphatic carbocycles. The van der Waals surface area contributed by atoms with Gasteiger partial charge in [0, 0.05) is 29.1 Å². The first kappa shape index (κ1) is 14.1. The van der Waals surface area contributed by atoms with Gasteiger partial charge < -0.3 is 5.11 Å². The number of anilines is 1. The van der Waals surface area contributed by atoms with Crippen LogP contribution < -0.4 is 5.32 Å². The van der Waals surface area contributed by atoms with E-state index in [1.165, 1.54) is 0 Å². The molecule has 0 aliphatic rings. The molecule has 0 saturated carbocycles. The molecule has 1 aromatic heterocycles. The zero-order chi connectivity index (χ0) is 14.4. The largest absolute Gasteiger partial charge is 0.395 e. The Morgan fingerprint density at radius 1 is 1.50 bits per heavy atom. The van der Waals surface area contributed by atoms with Crippen molar-refractivity contribution in [2.24, 2.45) is 0 Å². The SMILES string of the molecule is Cc1ccc(C(=O)Nc2nnns2)cc1C#CCCO. The second kappa shape index (κ2) is 6.75. The predicted octanol–water partition coefficient (Wildman–Crippen LogP) is 1.23. The summed E-state index contributed by atoms with van der Waals surface area (Å²) in [5, 5.41) is 18.7. The van der Waals surface area contributed by atoms with Gasteiger partial charge in [0.1, 0.15) is 0 Å². The molecule has 102 valence electrons. The molecule has 0 aliphatic heterocycles. The summed E-state index contributed by atoms with van der Waals surface area (Å²) in [5.41, 5.74) is 2.23. The summed E-state index contributed by atoms with van der Waals surface area (Å²) >= 11 is 1.01. The molecule has 0 unspecified atom stereocenters. The van der Waals surface area contributed by atoms with Crippen LogP contribution in [-0.2, 0) is 0 Å². The van der Waals surface area contributed by atoms with E-state index < -0.39 is 0 Å². The number of aliphatic hydroxyl groups excluding tert-OH is 1. The van der Waals surface area contributed by atoms with Crippen LogP contribution in [0, 0.1) is 18.8 Å². The number of aryl methyl sites for hydroxylation is 1. The minimum atomic E-state index is -0.284. The standard InChI is InChI=1S/C13H12N4O2S/c1-9-5-6-11(8-10(9)4-2-3-7-18)12(19)14-13-15-16-17-20-13/h5-6,8,18H,3,7H2,1H3,(H,14,15,17,19). The van der Waals surface area contributed by atoms with Crippen molar-refractivity contribution in [3.8, 4) is 11.8 Å². The number of rotatable bonds is 3. The van der Waals surface area contributed by atoms with Crippen molar-refractivity contribution in [2.45, 2.75) is 13.3 Å². The van der Waals surface area contributed by atoms with Gasteiger partial charge in [-0.2, -0.15) is 0 Å². The fraction of sp³-hybridized carbons (Fsp3) is 0.231. The van der Waals surface area contributed by atoms with Crippen LogP contribution in [0.25, 0.3) is 0 Å². The summed E-state index contributed by atoms with van der Waals surface area (Å²) in [6.45, 7) is 1.94. The van der Waals surface area contributed by atoms with E-state index in [0.29, 0.717) is 17.1 Å². The Morgan fingerprint density at radius 3 is 3.05 bits per heavy atom. The predicted molar refractivity (Wildman–Crippen MR) is 75.4 cm³/mol. The maximum atomic E-state index is 12.0. The lowest BCUT2D eigenvalue weighted by atomic mass is 10.0. The molecule has 0 spiro atoms. The molecule has 1 heterocycles. The highest BCUT2D eigenvalue weighted by Crippen LogP contribution is 2.13. The topological polar surface area (TPSA) is 88.0 Å². The first-order valence-corrected chi connectivity index (χ1v) is 6.65. The van der Waals surface area contributed by atoms with Crippen LogP contribution in [-0.4, -0.2) is 32.4 Å². The molecular weight excluding hydrogens is 276 g/mol. The average Bonchev–Trinajstić information content (AvgIpc) is 2.94. The average molecular weight is 288 g/mol. The van der Waals surface area contributed by atoms with Gasteiger partial charge in [0.05, 0.1) is 6.61 Å².